The highest BCUT2D eigenvalue weighted by Gasteiger charge is 2.17. The lowest BCUT2D eigenvalue weighted by Gasteiger charge is -2.10. The summed E-state index contributed by atoms with van der Waals surface area (Å²) >= 11 is 6.20. The van der Waals surface area contributed by atoms with Gasteiger partial charge in [-0.15, -0.1) is 0 Å². The van der Waals surface area contributed by atoms with E-state index in [-0.39, 0.29) is 13.0 Å². The predicted molar refractivity (Wildman–Crippen MR) is 114 cm³/mol. The number of para-hydroxylation sites is 1. The Morgan fingerprint density at radius 1 is 1.24 bits per heavy atom. The van der Waals surface area contributed by atoms with Gasteiger partial charge in [-0.2, -0.15) is 5.26 Å². The molecule has 150 valence electrons. The van der Waals surface area contributed by atoms with Crippen molar-refractivity contribution in [3.63, 3.8) is 0 Å². The minimum Gasteiger partial charge on any atom is -0.494 e. The van der Waals surface area contributed by atoms with Crippen LogP contribution in [0.2, 0.25) is 5.02 Å². The van der Waals surface area contributed by atoms with Gasteiger partial charge in [0.15, 0.2) is 0 Å². The van der Waals surface area contributed by atoms with Crippen LogP contribution in [0.5, 0.6) is 5.75 Å². The van der Waals surface area contributed by atoms with Gasteiger partial charge in [-0.25, -0.2) is 0 Å². The van der Waals surface area contributed by atoms with Gasteiger partial charge in [-0.1, -0.05) is 29.8 Å². The van der Waals surface area contributed by atoms with Crippen LogP contribution in [0.25, 0.3) is 10.9 Å². The second-order valence-corrected chi connectivity index (χ2v) is 7.45. The van der Waals surface area contributed by atoms with Crippen LogP contribution in [0.3, 0.4) is 0 Å². The zero-order valence-corrected chi connectivity index (χ0v) is 17.3. The number of aliphatic carboxylic acids is 1. The number of nitrogens with zero attached hydrogens (tertiary/aromatic N) is 2. The second-order valence-electron chi connectivity index (χ2n) is 7.07. The number of fused-ring (bicyclic) bond motifs is 1. The normalized spacial score (nSPS) is 10.8. The largest absolute Gasteiger partial charge is 0.494 e. The molecule has 2 aromatic carbocycles. The fourth-order valence-electron chi connectivity index (χ4n) is 3.62. The fourth-order valence-corrected chi connectivity index (χ4v) is 3.73. The number of ether oxygens (including phenoxy) is 1. The van der Waals surface area contributed by atoms with Gasteiger partial charge in [0, 0.05) is 22.5 Å². The third-order valence-corrected chi connectivity index (χ3v) is 5.58. The third-order valence-electron chi connectivity index (χ3n) is 4.98. The van der Waals surface area contributed by atoms with Crippen LogP contribution in [0.1, 0.15) is 35.2 Å². The molecule has 0 fully saturated rings. The van der Waals surface area contributed by atoms with Crippen molar-refractivity contribution in [1.82, 2.24) is 4.57 Å². The van der Waals surface area contributed by atoms with E-state index in [1.807, 2.05) is 54.8 Å². The van der Waals surface area contributed by atoms with Gasteiger partial charge in [0.25, 0.3) is 0 Å². The number of carboxylic acids is 1. The average Bonchev–Trinajstić information content (AvgIpc) is 3.00. The molecule has 0 aliphatic rings. The molecule has 1 heterocycles. The molecule has 0 spiro atoms. The van der Waals surface area contributed by atoms with E-state index >= 15 is 0 Å². The number of hydrogen-bond donors (Lipinski definition) is 1. The van der Waals surface area contributed by atoms with Gasteiger partial charge < -0.3 is 14.4 Å². The first-order valence-corrected chi connectivity index (χ1v) is 9.91. The first-order valence-electron chi connectivity index (χ1n) is 9.54. The van der Waals surface area contributed by atoms with Crippen LogP contribution < -0.4 is 4.74 Å². The summed E-state index contributed by atoms with van der Waals surface area (Å²) in [5.74, 6) is -0.0936. The van der Waals surface area contributed by atoms with E-state index in [1.54, 1.807) is 0 Å². The lowest BCUT2D eigenvalue weighted by atomic mass is 10.1. The summed E-state index contributed by atoms with van der Waals surface area (Å²) < 4.78 is 7.70. The van der Waals surface area contributed by atoms with Crippen molar-refractivity contribution in [2.45, 2.75) is 39.7 Å². The van der Waals surface area contributed by atoms with Crippen molar-refractivity contribution < 1.29 is 14.6 Å². The van der Waals surface area contributed by atoms with E-state index in [4.69, 9.17) is 21.4 Å². The smallest absolute Gasteiger partial charge is 0.305 e. The fraction of sp³-hybridized carbons (Fsp3) is 0.304. The standard InChI is InChI=1S/C23H23ClN2O3/c1-15-12-17(13-16(2)23(15)24)29-11-5-7-19-18-6-3-4-8-20(18)26(21(19)14-25)10-9-22(27)28/h3-4,6,8,12-13H,5,7,9-11H2,1-2H3,(H,27,28). The number of carbonyl (C=O) groups is 1. The molecule has 0 amide bonds. The Morgan fingerprint density at radius 3 is 2.59 bits per heavy atom. The highest BCUT2D eigenvalue weighted by molar-refractivity contribution is 6.32. The molecule has 6 heteroatoms. The molecule has 0 unspecified atom stereocenters. The summed E-state index contributed by atoms with van der Waals surface area (Å²) in [6, 6.07) is 13.9. The Hall–Kier alpha value is -2.97. The monoisotopic (exact) mass is 410 g/mol. The van der Waals surface area contributed by atoms with Crippen LogP contribution in [0.4, 0.5) is 0 Å². The molecule has 0 atom stereocenters. The molecule has 3 aromatic rings. The number of halogens is 1. The maximum atomic E-state index is 11.0. The lowest BCUT2D eigenvalue weighted by molar-refractivity contribution is -0.137. The van der Waals surface area contributed by atoms with Crippen LogP contribution in [0, 0.1) is 25.2 Å². The van der Waals surface area contributed by atoms with Gasteiger partial charge in [0.2, 0.25) is 0 Å². The minimum atomic E-state index is -0.879. The van der Waals surface area contributed by atoms with Gasteiger partial charge >= 0.3 is 5.97 Å². The number of aromatic nitrogens is 1. The first-order chi connectivity index (χ1) is 13.9. The summed E-state index contributed by atoms with van der Waals surface area (Å²) in [5.41, 5.74) is 4.33. The highest BCUT2D eigenvalue weighted by atomic mass is 35.5. The Bertz CT molecular complexity index is 1070. The molecular weight excluding hydrogens is 388 g/mol. The van der Waals surface area contributed by atoms with Crippen LogP contribution in [0.15, 0.2) is 36.4 Å². The van der Waals surface area contributed by atoms with Crippen molar-refractivity contribution in [2.24, 2.45) is 0 Å². The van der Waals surface area contributed by atoms with Crippen molar-refractivity contribution in [2.75, 3.05) is 6.61 Å². The second kappa shape index (κ2) is 9.02. The van der Waals surface area contributed by atoms with Crippen molar-refractivity contribution in [3.05, 3.63) is 63.8 Å². The Morgan fingerprint density at radius 2 is 1.93 bits per heavy atom. The topological polar surface area (TPSA) is 75.2 Å². The first kappa shape index (κ1) is 20.8. The minimum absolute atomic E-state index is 0.0226. The van der Waals surface area contributed by atoms with Gasteiger partial charge in [-0.3, -0.25) is 4.79 Å². The van der Waals surface area contributed by atoms with E-state index in [2.05, 4.69) is 6.07 Å². The molecule has 1 aromatic heterocycles. The number of hydrogen-bond acceptors (Lipinski definition) is 3. The SMILES string of the molecule is Cc1cc(OCCCc2c(C#N)n(CCC(=O)O)c3ccccc23)cc(C)c1Cl. The molecule has 29 heavy (non-hydrogen) atoms. The maximum Gasteiger partial charge on any atom is 0.305 e. The summed E-state index contributed by atoms with van der Waals surface area (Å²) in [5, 5.41) is 20.5. The predicted octanol–water partition coefficient (Wildman–Crippen LogP) is 5.27. The summed E-state index contributed by atoms with van der Waals surface area (Å²) in [7, 11) is 0. The summed E-state index contributed by atoms with van der Waals surface area (Å²) in [4.78, 5) is 11.0. The molecule has 5 nitrogen and oxygen atoms in total. The Balaban J connectivity index is 1.76. The molecule has 0 saturated carbocycles. The zero-order valence-electron chi connectivity index (χ0n) is 16.5. The lowest BCUT2D eigenvalue weighted by Crippen LogP contribution is -2.07. The van der Waals surface area contributed by atoms with Crippen LogP contribution in [-0.2, 0) is 17.8 Å². The average molecular weight is 411 g/mol. The number of aryl methyl sites for hydroxylation is 4. The molecule has 3 rings (SSSR count). The van der Waals surface area contributed by atoms with Gasteiger partial charge in [0.1, 0.15) is 17.5 Å². The summed E-state index contributed by atoms with van der Waals surface area (Å²) in [6.45, 7) is 4.69. The highest BCUT2D eigenvalue weighted by Crippen LogP contribution is 2.28. The maximum absolute atomic E-state index is 11.0. The number of carboxylic acid groups (broad SMARTS) is 1. The van der Waals surface area contributed by atoms with E-state index < -0.39 is 5.97 Å². The van der Waals surface area contributed by atoms with Crippen LogP contribution in [-0.4, -0.2) is 22.2 Å². The van der Waals surface area contributed by atoms with E-state index in [1.165, 1.54) is 0 Å². The number of benzene rings is 2. The number of rotatable bonds is 8. The van der Waals surface area contributed by atoms with Crippen molar-refractivity contribution >= 4 is 28.5 Å². The van der Waals surface area contributed by atoms with Crippen molar-refractivity contribution in [3.8, 4) is 11.8 Å². The van der Waals surface area contributed by atoms with Gasteiger partial charge in [0.05, 0.1) is 13.0 Å². The zero-order chi connectivity index (χ0) is 21.0. The quantitative estimate of drug-likeness (QED) is 0.513. The molecular formula is C23H23ClN2O3. The molecule has 0 aliphatic carbocycles. The third kappa shape index (κ3) is 4.55. The molecule has 0 aliphatic heterocycles. The van der Waals surface area contributed by atoms with E-state index in [0.717, 1.165) is 44.8 Å². The van der Waals surface area contributed by atoms with E-state index in [9.17, 15) is 10.1 Å². The molecule has 0 saturated heterocycles. The van der Waals surface area contributed by atoms with E-state index in [0.29, 0.717) is 18.7 Å². The van der Waals surface area contributed by atoms with Gasteiger partial charge in [-0.05, 0) is 61.6 Å². The Kier molecular flexibility index (Phi) is 6.46. The molecule has 0 radical (unpaired) electrons. The molecule has 1 N–H and O–H groups in total. The van der Waals surface area contributed by atoms with Crippen LogP contribution >= 0.6 is 11.6 Å². The van der Waals surface area contributed by atoms with Crippen molar-refractivity contribution in [1.29, 1.82) is 5.26 Å². The number of nitriles is 1. The summed E-state index contributed by atoms with van der Waals surface area (Å²) in [6.07, 6.45) is 1.39. The molecule has 0 bridgehead atoms. The Labute approximate surface area is 175 Å².